The van der Waals surface area contributed by atoms with Crippen LogP contribution in [0.25, 0.3) is 10.2 Å². The van der Waals surface area contributed by atoms with Gasteiger partial charge in [0.2, 0.25) is 0 Å². The number of thiazole rings is 1. The van der Waals surface area contributed by atoms with E-state index in [4.69, 9.17) is 14.2 Å². The van der Waals surface area contributed by atoms with E-state index in [2.05, 4.69) is 5.32 Å². The smallest absolute Gasteiger partial charge is 0.408 e. The average molecular weight is 535 g/mol. The predicted octanol–water partition coefficient (Wildman–Crippen LogP) is 5.51. The first-order chi connectivity index (χ1) is 18.1. The molecule has 0 fully saturated rings. The highest BCUT2D eigenvalue weighted by molar-refractivity contribution is 7.16. The Morgan fingerprint density at radius 2 is 1.53 bits per heavy atom. The maximum atomic E-state index is 12.4. The van der Waals surface area contributed by atoms with Crippen molar-refractivity contribution in [1.29, 1.82) is 0 Å². The second-order valence-corrected chi connectivity index (χ2v) is 10.7. The van der Waals surface area contributed by atoms with Crippen molar-refractivity contribution in [3.8, 4) is 11.5 Å². The summed E-state index contributed by atoms with van der Waals surface area (Å²) in [7, 11) is 1.27. The first kappa shape index (κ1) is 26.9. The van der Waals surface area contributed by atoms with E-state index < -0.39 is 23.7 Å². The highest BCUT2D eigenvalue weighted by Gasteiger charge is 2.25. The Labute approximate surface area is 224 Å². The Morgan fingerprint density at radius 1 is 0.921 bits per heavy atom. The molecule has 1 amide bonds. The van der Waals surface area contributed by atoms with Gasteiger partial charge in [-0.15, -0.1) is 0 Å². The molecular formula is C29H30N2O6S. The Hall–Kier alpha value is -4.11. The van der Waals surface area contributed by atoms with Crippen LogP contribution in [0.5, 0.6) is 11.5 Å². The van der Waals surface area contributed by atoms with Gasteiger partial charge in [-0.05, 0) is 68.3 Å². The molecule has 4 rings (SSSR count). The molecule has 9 heteroatoms. The van der Waals surface area contributed by atoms with Crippen molar-refractivity contribution in [1.82, 2.24) is 9.88 Å². The minimum Gasteiger partial charge on any atom is -0.467 e. The summed E-state index contributed by atoms with van der Waals surface area (Å²) in [6.45, 7) is 5.73. The van der Waals surface area contributed by atoms with Gasteiger partial charge in [-0.1, -0.05) is 47.7 Å². The molecule has 1 unspecified atom stereocenters. The van der Waals surface area contributed by atoms with Crippen molar-refractivity contribution >= 4 is 33.6 Å². The summed E-state index contributed by atoms with van der Waals surface area (Å²) in [4.78, 5) is 36.8. The third-order valence-electron chi connectivity index (χ3n) is 5.61. The number of fused-ring (bicyclic) bond motifs is 1. The number of alkyl carbamates (subject to hydrolysis) is 1. The molecule has 1 aromatic heterocycles. The van der Waals surface area contributed by atoms with E-state index in [9.17, 15) is 14.4 Å². The SMILES string of the molecule is COC(=O)C(Cc1ccc(Oc2ccc(Cn3c(=O)sc4ccccc43)cc2)cc1)NC(=O)OC(C)(C)C. The van der Waals surface area contributed by atoms with Gasteiger partial charge in [-0.2, -0.15) is 0 Å². The molecule has 8 nitrogen and oxygen atoms in total. The lowest BCUT2D eigenvalue weighted by molar-refractivity contribution is -0.143. The number of hydrogen-bond acceptors (Lipinski definition) is 7. The van der Waals surface area contributed by atoms with E-state index >= 15 is 0 Å². The molecule has 0 aliphatic carbocycles. The van der Waals surface area contributed by atoms with Gasteiger partial charge < -0.3 is 19.5 Å². The third kappa shape index (κ3) is 7.01. The highest BCUT2D eigenvalue weighted by Crippen LogP contribution is 2.24. The van der Waals surface area contributed by atoms with Gasteiger partial charge >= 0.3 is 16.9 Å². The summed E-state index contributed by atoms with van der Waals surface area (Å²) >= 11 is 1.25. The molecule has 4 aromatic rings. The van der Waals surface area contributed by atoms with Crippen molar-refractivity contribution < 1.29 is 23.8 Å². The Bertz CT molecular complexity index is 1470. The van der Waals surface area contributed by atoms with Gasteiger partial charge in [-0.25, -0.2) is 9.59 Å². The van der Waals surface area contributed by atoms with E-state index in [1.807, 2.05) is 60.7 Å². The molecule has 1 heterocycles. The summed E-state index contributed by atoms with van der Waals surface area (Å²) < 4.78 is 18.8. The fourth-order valence-electron chi connectivity index (χ4n) is 3.86. The minimum absolute atomic E-state index is 0.0161. The first-order valence-electron chi connectivity index (χ1n) is 12.1. The van der Waals surface area contributed by atoms with E-state index in [-0.39, 0.29) is 11.3 Å². The van der Waals surface area contributed by atoms with Gasteiger partial charge in [-0.3, -0.25) is 9.36 Å². The summed E-state index contributed by atoms with van der Waals surface area (Å²) in [5, 5.41) is 2.57. The average Bonchev–Trinajstić information content (AvgIpc) is 3.19. The minimum atomic E-state index is -0.887. The summed E-state index contributed by atoms with van der Waals surface area (Å²) in [5.74, 6) is 0.716. The molecule has 0 aliphatic rings. The number of aromatic nitrogens is 1. The zero-order valence-corrected chi connectivity index (χ0v) is 22.5. The topological polar surface area (TPSA) is 95.9 Å². The van der Waals surface area contributed by atoms with Crippen LogP contribution in [0.3, 0.4) is 0 Å². The second-order valence-electron chi connectivity index (χ2n) is 9.74. The molecule has 38 heavy (non-hydrogen) atoms. The molecule has 0 radical (unpaired) electrons. The van der Waals surface area contributed by atoms with Crippen molar-refractivity contribution in [3.63, 3.8) is 0 Å². The molecule has 198 valence electrons. The Morgan fingerprint density at radius 3 is 2.13 bits per heavy atom. The standard InChI is InChI=1S/C29H30N2O6S/c1-29(2,3)37-27(33)30-23(26(32)35-4)17-19-9-13-21(14-10-19)36-22-15-11-20(12-16-22)18-31-24-7-5-6-8-25(24)38-28(31)34/h5-16,23H,17-18H2,1-4H3,(H,30,33). The lowest BCUT2D eigenvalue weighted by Crippen LogP contribution is -2.45. The van der Waals surface area contributed by atoms with Crippen molar-refractivity contribution in [2.45, 2.75) is 45.4 Å². The molecule has 3 aromatic carbocycles. The van der Waals surface area contributed by atoms with Crippen molar-refractivity contribution in [2.75, 3.05) is 7.11 Å². The van der Waals surface area contributed by atoms with Gasteiger partial charge in [0.25, 0.3) is 0 Å². The molecule has 0 saturated carbocycles. The number of methoxy groups -OCH3 is 1. The number of ether oxygens (including phenoxy) is 3. The normalized spacial score (nSPS) is 12.1. The Kier molecular flexibility index (Phi) is 8.16. The molecule has 0 bridgehead atoms. The van der Waals surface area contributed by atoms with E-state index in [1.165, 1.54) is 18.4 Å². The fraction of sp³-hybridized carbons (Fsp3) is 0.276. The lowest BCUT2D eigenvalue weighted by atomic mass is 10.1. The number of nitrogens with one attached hydrogen (secondary N) is 1. The van der Waals surface area contributed by atoms with Gasteiger partial charge in [0.05, 0.1) is 23.9 Å². The largest absolute Gasteiger partial charge is 0.467 e. The zero-order chi connectivity index (χ0) is 27.3. The monoisotopic (exact) mass is 534 g/mol. The maximum absolute atomic E-state index is 12.4. The van der Waals surface area contributed by atoms with Crippen LogP contribution < -0.4 is 14.9 Å². The quantitative estimate of drug-likeness (QED) is 0.300. The van der Waals surface area contributed by atoms with Crippen LogP contribution in [-0.4, -0.2) is 35.4 Å². The van der Waals surface area contributed by atoms with E-state index in [0.717, 1.165) is 21.3 Å². The number of esters is 1. The molecule has 0 spiro atoms. The number of para-hydroxylation sites is 1. The van der Waals surface area contributed by atoms with Crippen LogP contribution in [0, 0.1) is 0 Å². The third-order valence-corrected chi connectivity index (χ3v) is 6.57. The van der Waals surface area contributed by atoms with Gasteiger partial charge in [0.15, 0.2) is 0 Å². The summed E-state index contributed by atoms with van der Waals surface area (Å²) in [5.41, 5.74) is 2.05. The van der Waals surface area contributed by atoms with Gasteiger partial charge in [0, 0.05) is 6.42 Å². The number of amides is 1. The molecule has 1 atom stereocenters. The van der Waals surface area contributed by atoms with Crippen LogP contribution in [0.4, 0.5) is 4.79 Å². The van der Waals surface area contributed by atoms with Crippen molar-refractivity contribution in [2.24, 2.45) is 0 Å². The van der Waals surface area contributed by atoms with E-state index in [1.54, 1.807) is 37.5 Å². The molecule has 0 saturated heterocycles. The van der Waals surface area contributed by atoms with E-state index in [0.29, 0.717) is 18.0 Å². The van der Waals surface area contributed by atoms with Crippen LogP contribution in [0.1, 0.15) is 31.9 Å². The maximum Gasteiger partial charge on any atom is 0.408 e. The van der Waals surface area contributed by atoms with Crippen LogP contribution in [-0.2, 0) is 27.2 Å². The number of carbonyl (C=O) groups excluding carboxylic acids is 2. The molecule has 0 aliphatic heterocycles. The number of nitrogens with zero attached hydrogens (tertiary/aromatic N) is 1. The fourth-order valence-corrected chi connectivity index (χ4v) is 4.75. The molecule has 1 N–H and O–H groups in total. The lowest BCUT2D eigenvalue weighted by Gasteiger charge is -2.22. The number of benzene rings is 3. The summed E-state index contributed by atoms with van der Waals surface area (Å²) in [6, 6.07) is 21.7. The van der Waals surface area contributed by atoms with Crippen LogP contribution in [0.15, 0.2) is 77.6 Å². The van der Waals surface area contributed by atoms with Gasteiger partial charge in [0.1, 0.15) is 23.1 Å². The van der Waals surface area contributed by atoms with Crippen LogP contribution >= 0.6 is 11.3 Å². The number of hydrogen-bond donors (Lipinski definition) is 1. The zero-order valence-electron chi connectivity index (χ0n) is 21.7. The van der Waals surface area contributed by atoms with Crippen molar-refractivity contribution in [3.05, 3.63) is 93.6 Å². The summed E-state index contributed by atoms with van der Waals surface area (Å²) in [6.07, 6.45) is -0.453. The molecular weight excluding hydrogens is 504 g/mol. The van der Waals surface area contributed by atoms with Crippen LogP contribution in [0.2, 0.25) is 0 Å². The predicted molar refractivity (Wildman–Crippen MR) is 147 cm³/mol. The second kappa shape index (κ2) is 11.5. The Balaban J connectivity index is 1.38. The first-order valence-corrected chi connectivity index (χ1v) is 12.9. The highest BCUT2D eigenvalue weighted by atomic mass is 32.1. The number of rotatable bonds is 8. The number of carbonyl (C=O) groups is 2.